The molecule has 0 radical (unpaired) electrons. The van der Waals surface area contributed by atoms with E-state index in [1.54, 1.807) is 37.3 Å². The fourth-order valence-corrected chi connectivity index (χ4v) is 4.73. The Morgan fingerprint density at radius 3 is 2.45 bits per heavy atom. The molecule has 0 N–H and O–H groups in total. The third-order valence-electron chi connectivity index (χ3n) is 4.78. The molecule has 1 unspecified atom stereocenters. The van der Waals surface area contributed by atoms with Crippen LogP contribution in [0.15, 0.2) is 45.7 Å². The molecule has 0 spiro atoms. The number of hydrogen-bond acceptors (Lipinski definition) is 6. The minimum absolute atomic E-state index is 0.0491. The molecule has 3 aromatic rings. The van der Waals surface area contributed by atoms with Gasteiger partial charge < -0.3 is 13.5 Å². The molecule has 176 valence electrons. The SMILES string of the molecule is Cc1cc(Cl)c(-c2c(OP(C)(=S)OCC(F)(F)F)c(C)c(-c3ccccn3)oc2=O)cc1C. The summed E-state index contributed by atoms with van der Waals surface area (Å²) in [6, 6.07) is 8.38. The van der Waals surface area contributed by atoms with Crippen LogP contribution < -0.4 is 10.1 Å². The largest absolute Gasteiger partial charge is 0.442 e. The number of benzene rings is 1. The molecule has 0 saturated heterocycles. The van der Waals surface area contributed by atoms with E-state index in [2.05, 4.69) is 4.98 Å². The van der Waals surface area contributed by atoms with Crippen molar-refractivity contribution >= 4 is 29.9 Å². The number of rotatable bonds is 6. The number of pyridine rings is 1. The lowest BCUT2D eigenvalue weighted by atomic mass is 9.99. The number of aryl methyl sites for hydroxylation is 2. The Balaban J connectivity index is 2.25. The Labute approximate surface area is 198 Å². The van der Waals surface area contributed by atoms with E-state index >= 15 is 0 Å². The van der Waals surface area contributed by atoms with Gasteiger partial charge in [0.1, 0.15) is 17.0 Å². The van der Waals surface area contributed by atoms with Crippen LogP contribution >= 0.6 is 18.1 Å². The summed E-state index contributed by atoms with van der Waals surface area (Å²) >= 11 is 11.7. The normalized spacial score (nSPS) is 13.6. The first-order valence-corrected chi connectivity index (χ1v) is 13.1. The van der Waals surface area contributed by atoms with Gasteiger partial charge in [0.15, 0.2) is 12.4 Å². The van der Waals surface area contributed by atoms with Crippen molar-refractivity contribution < 1.29 is 26.6 Å². The Kier molecular flexibility index (Phi) is 7.39. The highest BCUT2D eigenvalue weighted by atomic mass is 35.5. The van der Waals surface area contributed by atoms with Gasteiger partial charge in [-0.3, -0.25) is 4.98 Å². The van der Waals surface area contributed by atoms with Gasteiger partial charge >= 0.3 is 11.8 Å². The molecule has 1 atom stereocenters. The molecule has 0 aliphatic heterocycles. The minimum Gasteiger partial charge on any atom is -0.442 e. The van der Waals surface area contributed by atoms with Crippen LogP contribution in [0.25, 0.3) is 22.6 Å². The van der Waals surface area contributed by atoms with Crippen molar-refractivity contribution in [3.05, 3.63) is 68.7 Å². The summed E-state index contributed by atoms with van der Waals surface area (Å²) < 4.78 is 54.5. The van der Waals surface area contributed by atoms with Gasteiger partial charge in [0, 0.05) is 29.0 Å². The quantitative estimate of drug-likeness (QED) is 0.333. The first-order valence-electron chi connectivity index (χ1n) is 9.63. The highest BCUT2D eigenvalue weighted by Gasteiger charge is 2.32. The summed E-state index contributed by atoms with van der Waals surface area (Å²) in [4.78, 5) is 17.4. The van der Waals surface area contributed by atoms with Crippen molar-refractivity contribution in [3.63, 3.8) is 0 Å². The molecule has 2 heterocycles. The van der Waals surface area contributed by atoms with Crippen LogP contribution in [0.4, 0.5) is 13.2 Å². The van der Waals surface area contributed by atoms with Crippen LogP contribution in [0.3, 0.4) is 0 Å². The van der Waals surface area contributed by atoms with Crippen molar-refractivity contribution in [2.45, 2.75) is 26.9 Å². The van der Waals surface area contributed by atoms with Gasteiger partial charge in [-0.25, -0.2) is 4.79 Å². The highest BCUT2D eigenvalue weighted by Crippen LogP contribution is 2.50. The summed E-state index contributed by atoms with van der Waals surface area (Å²) in [5.74, 6) is 0.0511. The van der Waals surface area contributed by atoms with Gasteiger partial charge in [-0.05, 0) is 68.0 Å². The van der Waals surface area contributed by atoms with E-state index in [0.29, 0.717) is 16.8 Å². The maximum atomic E-state index is 13.2. The maximum absolute atomic E-state index is 13.2. The number of alkyl halides is 3. The van der Waals surface area contributed by atoms with Crippen molar-refractivity contribution in [1.82, 2.24) is 4.98 Å². The molecule has 0 bridgehead atoms. The number of aromatic nitrogens is 1. The third-order valence-corrected chi connectivity index (χ3v) is 6.74. The summed E-state index contributed by atoms with van der Waals surface area (Å²) in [7, 11) is 0. The van der Waals surface area contributed by atoms with Gasteiger partial charge in [0.2, 0.25) is 6.49 Å². The number of halogens is 4. The van der Waals surface area contributed by atoms with Crippen LogP contribution in [-0.4, -0.2) is 24.4 Å². The van der Waals surface area contributed by atoms with Crippen molar-refractivity contribution in [2.75, 3.05) is 13.3 Å². The molecule has 2 aromatic heterocycles. The van der Waals surface area contributed by atoms with E-state index in [1.165, 1.54) is 12.9 Å². The fraction of sp³-hybridized carbons (Fsp3) is 0.273. The summed E-state index contributed by atoms with van der Waals surface area (Å²) in [5.41, 5.74) is 1.87. The Morgan fingerprint density at radius 1 is 1.18 bits per heavy atom. The zero-order valence-electron chi connectivity index (χ0n) is 18.1. The zero-order chi connectivity index (χ0) is 24.6. The highest BCUT2D eigenvalue weighted by molar-refractivity contribution is 8.09. The van der Waals surface area contributed by atoms with E-state index in [0.717, 1.165) is 11.1 Å². The molecule has 0 fully saturated rings. The van der Waals surface area contributed by atoms with E-state index < -0.39 is 24.9 Å². The van der Waals surface area contributed by atoms with Gasteiger partial charge in [0.25, 0.3) is 0 Å². The standard InChI is InChI=1S/C22H20ClF3NO4PS/c1-12-9-15(16(23)10-13(12)2)18-20(31-32(4,33)29-11-22(24,25)26)14(3)19(30-21(18)28)17-7-5-6-8-27-17/h5-10H,11H2,1-4H3. The fourth-order valence-electron chi connectivity index (χ4n) is 3.05. The monoisotopic (exact) mass is 517 g/mol. The second-order valence-electron chi connectivity index (χ2n) is 7.43. The molecule has 0 amide bonds. The van der Waals surface area contributed by atoms with Gasteiger partial charge in [-0.15, -0.1) is 0 Å². The first-order chi connectivity index (χ1) is 15.3. The van der Waals surface area contributed by atoms with Crippen molar-refractivity contribution in [3.8, 4) is 28.3 Å². The van der Waals surface area contributed by atoms with Crippen LogP contribution in [0, 0.1) is 20.8 Å². The second-order valence-corrected chi connectivity index (χ2v) is 11.8. The number of hydrogen-bond donors (Lipinski definition) is 0. The molecule has 11 heteroatoms. The molecular weight excluding hydrogens is 498 g/mol. The lowest BCUT2D eigenvalue weighted by Crippen LogP contribution is -2.17. The van der Waals surface area contributed by atoms with E-state index in [9.17, 15) is 18.0 Å². The third kappa shape index (κ3) is 6.03. The van der Waals surface area contributed by atoms with Gasteiger partial charge in [0.05, 0.1) is 0 Å². The predicted octanol–water partition coefficient (Wildman–Crippen LogP) is 6.84. The van der Waals surface area contributed by atoms with Crippen LogP contribution in [-0.2, 0) is 16.3 Å². The zero-order valence-corrected chi connectivity index (χ0v) is 20.6. The Hall–Kier alpha value is -2.19. The summed E-state index contributed by atoms with van der Waals surface area (Å²) in [6.45, 7) is 1.49. The molecule has 5 nitrogen and oxygen atoms in total. The molecule has 1 aromatic carbocycles. The van der Waals surface area contributed by atoms with Gasteiger partial charge in [-0.2, -0.15) is 13.2 Å². The lowest BCUT2D eigenvalue weighted by Gasteiger charge is -2.23. The average Bonchev–Trinajstić information content (AvgIpc) is 2.72. The lowest BCUT2D eigenvalue weighted by molar-refractivity contribution is -0.153. The molecule has 0 aliphatic rings. The smallest absolute Gasteiger partial charge is 0.412 e. The van der Waals surface area contributed by atoms with E-state index in [1.807, 2.05) is 13.8 Å². The number of nitrogens with zero attached hydrogens (tertiary/aromatic N) is 1. The van der Waals surface area contributed by atoms with E-state index in [4.69, 9.17) is 36.9 Å². The van der Waals surface area contributed by atoms with Crippen LogP contribution in [0.2, 0.25) is 5.02 Å². The predicted molar refractivity (Wildman–Crippen MR) is 126 cm³/mol. The molecule has 0 saturated carbocycles. The van der Waals surface area contributed by atoms with E-state index in [-0.39, 0.29) is 22.1 Å². The van der Waals surface area contributed by atoms with Crippen molar-refractivity contribution in [2.24, 2.45) is 0 Å². The topological polar surface area (TPSA) is 61.6 Å². The average molecular weight is 518 g/mol. The second kappa shape index (κ2) is 9.58. The molecular formula is C22H20ClF3NO4PS. The van der Waals surface area contributed by atoms with Gasteiger partial charge in [-0.1, -0.05) is 17.7 Å². The maximum Gasteiger partial charge on any atom is 0.412 e. The molecule has 3 rings (SSSR count). The first kappa shape index (κ1) is 25.4. The van der Waals surface area contributed by atoms with Crippen molar-refractivity contribution in [1.29, 1.82) is 0 Å². The summed E-state index contributed by atoms with van der Waals surface area (Å²) in [5, 5.41) is 0.251. The van der Waals surface area contributed by atoms with Crippen LogP contribution in [0.1, 0.15) is 16.7 Å². The molecule has 33 heavy (non-hydrogen) atoms. The Bertz CT molecular complexity index is 1300. The van der Waals surface area contributed by atoms with Crippen LogP contribution in [0.5, 0.6) is 5.75 Å². The Morgan fingerprint density at radius 2 is 1.85 bits per heavy atom. The minimum atomic E-state index is -4.59. The summed E-state index contributed by atoms with van der Waals surface area (Å²) in [6.07, 6.45) is -3.08. The molecule has 0 aliphatic carbocycles.